The Morgan fingerprint density at radius 1 is 1.17 bits per heavy atom. The highest BCUT2D eigenvalue weighted by atomic mass is 32.2. The number of aliphatic hydroxyl groups excluding tert-OH is 1. The molecule has 2 unspecified atom stereocenters. The highest BCUT2D eigenvalue weighted by Gasteiger charge is 2.13. The van der Waals surface area contributed by atoms with Crippen LogP contribution < -0.4 is 0 Å². The van der Waals surface area contributed by atoms with Crippen molar-refractivity contribution in [3.63, 3.8) is 0 Å². The molecule has 0 aliphatic rings. The lowest BCUT2D eigenvalue weighted by Crippen LogP contribution is -2.17. The maximum Gasteiger partial charge on any atom is 0.172 e. The first-order valence-corrected chi connectivity index (χ1v) is 7.39. The van der Waals surface area contributed by atoms with Gasteiger partial charge in [0.25, 0.3) is 0 Å². The molecule has 2 atom stereocenters. The van der Waals surface area contributed by atoms with E-state index in [2.05, 4.69) is 13.8 Å². The Morgan fingerprint density at radius 3 is 2.17 bits per heavy atom. The van der Waals surface area contributed by atoms with Crippen LogP contribution in [0.15, 0.2) is 24.3 Å². The van der Waals surface area contributed by atoms with E-state index in [1.165, 1.54) is 17.3 Å². The summed E-state index contributed by atoms with van der Waals surface area (Å²) >= 11 is 1.50. The molecular weight excluding hydrogens is 244 g/mol. The fourth-order valence-corrected chi connectivity index (χ4v) is 2.34. The van der Waals surface area contributed by atoms with Crippen molar-refractivity contribution in [2.75, 3.05) is 5.75 Å². The van der Waals surface area contributed by atoms with Gasteiger partial charge in [-0.15, -0.1) is 11.8 Å². The Bertz CT molecular complexity index is 382. The van der Waals surface area contributed by atoms with Crippen LogP contribution >= 0.6 is 11.8 Å². The molecule has 0 fully saturated rings. The monoisotopic (exact) mass is 266 g/mol. The number of carbonyl (C=O) groups excluding carboxylic acids is 1. The molecule has 1 aromatic rings. The van der Waals surface area contributed by atoms with Gasteiger partial charge >= 0.3 is 0 Å². The minimum absolute atomic E-state index is 0.0869. The van der Waals surface area contributed by atoms with Crippen molar-refractivity contribution in [1.82, 2.24) is 0 Å². The Labute approximate surface area is 114 Å². The molecule has 1 N–H and O–H groups in total. The quantitative estimate of drug-likeness (QED) is 0.801. The summed E-state index contributed by atoms with van der Waals surface area (Å²) in [5, 5.41) is 9.46. The van der Waals surface area contributed by atoms with Gasteiger partial charge in [-0.05, 0) is 18.4 Å². The fourth-order valence-electron chi connectivity index (χ4n) is 1.48. The summed E-state index contributed by atoms with van der Waals surface area (Å²) < 4.78 is 0. The number of rotatable bonds is 6. The van der Waals surface area contributed by atoms with Gasteiger partial charge in [0.15, 0.2) is 5.78 Å². The van der Waals surface area contributed by atoms with E-state index >= 15 is 0 Å². The summed E-state index contributed by atoms with van der Waals surface area (Å²) in [7, 11) is 0. The van der Waals surface area contributed by atoms with Gasteiger partial charge in [0.1, 0.15) is 0 Å². The third kappa shape index (κ3) is 4.46. The van der Waals surface area contributed by atoms with Crippen LogP contribution in [0.1, 0.15) is 49.5 Å². The highest BCUT2D eigenvalue weighted by molar-refractivity contribution is 8.00. The number of hydrogen-bond donors (Lipinski definition) is 1. The molecule has 3 heteroatoms. The summed E-state index contributed by atoms with van der Waals surface area (Å²) in [5.41, 5.74) is 2.00. The second-order valence-electron chi connectivity index (χ2n) is 4.96. The summed E-state index contributed by atoms with van der Waals surface area (Å²) in [6.45, 7) is 7.96. The minimum atomic E-state index is -0.383. The van der Waals surface area contributed by atoms with Crippen LogP contribution in [0.3, 0.4) is 0 Å². The smallest absolute Gasteiger partial charge is 0.172 e. The molecule has 1 rings (SSSR count). The van der Waals surface area contributed by atoms with E-state index in [4.69, 9.17) is 0 Å². The van der Waals surface area contributed by atoms with Crippen molar-refractivity contribution in [2.45, 2.75) is 45.0 Å². The van der Waals surface area contributed by atoms with Gasteiger partial charge in [0.2, 0.25) is 0 Å². The van der Waals surface area contributed by atoms with E-state index in [0.29, 0.717) is 11.7 Å². The van der Waals surface area contributed by atoms with Gasteiger partial charge in [-0.2, -0.15) is 0 Å². The van der Waals surface area contributed by atoms with E-state index in [-0.39, 0.29) is 17.1 Å². The predicted octanol–water partition coefficient (Wildman–Crippen LogP) is 3.50. The largest absolute Gasteiger partial charge is 0.392 e. The molecule has 1 aromatic carbocycles. The molecule has 0 aliphatic carbocycles. The molecule has 100 valence electrons. The molecule has 0 saturated heterocycles. The van der Waals surface area contributed by atoms with Gasteiger partial charge in [-0.25, -0.2) is 0 Å². The van der Waals surface area contributed by atoms with Crippen LogP contribution in [-0.2, 0) is 0 Å². The predicted molar refractivity (Wildman–Crippen MR) is 78.5 cm³/mol. The normalized spacial score (nSPS) is 14.6. The van der Waals surface area contributed by atoms with Crippen LogP contribution in [0.5, 0.6) is 0 Å². The Morgan fingerprint density at radius 2 is 1.72 bits per heavy atom. The molecule has 0 heterocycles. The lowest BCUT2D eigenvalue weighted by Gasteiger charge is -2.13. The van der Waals surface area contributed by atoms with Crippen molar-refractivity contribution in [1.29, 1.82) is 0 Å². The number of benzene rings is 1. The maximum atomic E-state index is 12.0. The van der Waals surface area contributed by atoms with Crippen LogP contribution in [-0.4, -0.2) is 28.0 Å². The Hall–Kier alpha value is -0.800. The first-order valence-electron chi connectivity index (χ1n) is 6.34. The second kappa shape index (κ2) is 6.95. The van der Waals surface area contributed by atoms with Gasteiger partial charge in [-0.3, -0.25) is 4.79 Å². The zero-order valence-corrected chi connectivity index (χ0v) is 12.3. The molecule has 0 aliphatic heterocycles. The number of hydrogen-bond acceptors (Lipinski definition) is 3. The molecule has 0 radical (unpaired) electrons. The van der Waals surface area contributed by atoms with Crippen molar-refractivity contribution >= 4 is 17.5 Å². The van der Waals surface area contributed by atoms with E-state index in [0.717, 1.165) is 5.56 Å². The van der Waals surface area contributed by atoms with Crippen molar-refractivity contribution in [3.8, 4) is 0 Å². The van der Waals surface area contributed by atoms with E-state index in [1.807, 2.05) is 31.2 Å². The van der Waals surface area contributed by atoms with Crippen LogP contribution in [0.25, 0.3) is 0 Å². The molecule has 0 bridgehead atoms. The fraction of sp³-hybridized carbons (Fsp3) is 0.533. The van der Waals surface area contributed by atoms with Gasteiger partial charge in [-0.1, -0.05) is 45.0 Å². The Kier molecular flexibility index (Phi) is 5.89. The number of Topliss-reactive ketones (excluding diaryl/α,β-unsaturated/α-hetero) is 1. The lowest BCUT2D eigenvalue weighted by molar-refractivity contribution is 0.102. The second-order valence-corrected chi connectivity index (χ2v) is 6.32. The summed E-state index contributed by atoms with van der Waals surface area (Å²) in [6, 6.07) is 7.82. The molecule has 18 heavy (non-hydrogen) atoms. The summed E-state index contributed by atoms with van der Waals surface area (Å²) in [6.07, 6.45) is -0.383. The Balaban J connectivity index is 2.57. The minimum Gasteiger partial charge on any atom is -0.392 e. The zero-order chi connectivity index (χ0) is 13.7. The van der Waals surface area contributed by atoms with Gasteiger partial charge in [0.05, 0.1) is 11.9 Å². The summed E-state index contributed by atoms with van der Waals surface area (Å²) in [5.74, 6) is 1.04. The van der Waals surface area contributed by atoms with E-state index in [1.54, 1.807) is 6.92 Å². The third-order valence-corrected chi connectivity index (χ3v) is 4.40. The van der Waals surface area contributed by atoms with Crippen LogP contribution in [0.2, 0.25) is 0 Å². The van der Waals surface area contributed by atoms with Crippen LogP contribution in [0.4, 0.5) is 0 Å². The molecule has 0 spiro atoms. The molecule has 0 saturated carbocycles. The highest BCUT2D eigenvalue weighted by Crippen LogP contribution is 2.18. The number of carbonyl (C=O) groups is 1. The van der Waals surface area contributed by atoms with Crippen molar-refractivity contribution in [2.24, 2.45) is 0 Å². The van der Waals surface area contributed by atoms with Gasteiger partial charge < -0.3 is 5.11 Å². The average Bonchev–Trinajstić information content (AvgIpc) is 2.35. The molecule has 2 nitrogen and oxygen atoms in total. The topological polar surface area (TPSA) is 37.3 Å². The molecular formula is C15H22O2S. The number of ketones is 1. The maximum absolute atomic E-state index is 12.0. The number of aliphatic hydroxyl groups is 1. The first kappa shape index (κ1) is 15.3. The SMILES string of the molecule is CC(C)c1ccc(C(=O)CSC(C)C(C)O)cc1. The summed E-state index contributed by atoms with van der Waals surface area (Å²) in [4.78, 5) is 12.0. The van der Waals surface area contributed by atoms with E-state index < -0.39 is 0 Å². The third-order valence-electron chi connectivity index (χ3n) is 3.06. The molecule has 0 amide bonds. The van der Waals surface area contributed by atoms with Crippen molar-refractivity contribution < 1.29 is 9.90 Å². The van der Waals surface area contributed by atoms with Crippen molar-refractivity contribution in [3.05, 3.63) is 35.4 Å². The standard InChI is InChI=1S/C15H22O2S/c1-10(2)13-5-7-14(8-6-13)15(17)9-18-12(4)11(3)16/h5-8,10-12,16H,9H2,1-4H3. The van der Waals surface area contributed by atoms with E-state index in [9.17, 15) is 9.90 Å². The molecule has 0 aromatic heterocycles. The lowest BCUT2D eigenvalue weighted by atomic mass is 10.0. The van der Waals surface area contributed by atoms with Gasteiger partial charge in [0, 0.05) is 10.8 Å². The zero-order valence-electron chi connectivity index (χ0n) is 11.5. The first-order chi connectivity index (χ1) is 8.41. The van der Waals surface area contributed by atoms with Crippen LogP contribution in [0, 0.1) is 0 Å². The average molecular weight is 266 g/mol. The number of thioether (sulfide) groups is 1.